The first kappa shape index (κ1) is 13.7. The first-order valence-electron chi connectivity index (χ1n) is 6.33. The van der Waals surface area contributed by atoms with Gasteiger partial charge in [0.2, 0.25) is 0 Å². The Hall–Kier alpha value is -2.27. The number of rotatable bonds is 2. The van der Waals surface area contributed by atoms with Crippen LogP contribution in [0.2, 0.25) is 5.15 Å². The van der Waals surface area contributed by atoms with Crippen LogP contribution in [0.1, 0.15) is 5.56 Å². The zero-order valence-electron chi connectivity index (χ0n) is 11.5. The fourth-order valence-electron chi connectivity index (χ4n) is 2.12. The van der Waals surface area contributed by atoms with Gasteiger partial charge in [-0.1, -0.05) is 11.6 Å². The van der Waals surface area contributed by atoms with Crippen molar-refractivity contribution in [2.75, 3.05) is 0 Å². The van der Waals surface area contributed by atoms with Crippen molar-refractivity contribution in [2.45, 2.75) is 6.92 Å². The molecule has 0 bridgehead atoms. The lowest BCUT2D eigenvalue weighted by Gasteiger charge is -2.07. The number of aryl methyl sites for hydroxylation is 2. The van der Waals surface area contributed by atoms with Gasteiger partial charge in [-0.15, -0.1) is 0 Å². The van der Waals surface area contributed by atoms with E-state index >= 15 is 0 Å². The van der Waals surface area contributed by atoms with Crippen molar-refractivity contribution in [3.8, 4) is 22.6 Å². The lowest BCUT2D eigenvalue weighted by molar-refractivity contribution is 0.627. The van der Waals surface area contributed by atoms with E-state index < -0.39 is 0 Å². The van der Waals surface area contributed by atoms with E-state index in [1.165, 1.54) is 12.1 Å². The lowest BCUT2D eigenvalue weighted by Crippen LogP contribution is -1.95. The molecule has 0 saturated carbocycles. The molecule has 21 heavy (non-hydrogen) atoms. The summed E-state index contributed by atoms with van der Waals surface area (Å²) in [5.74, 6) is 0.185. The van der Waals surface area contributed by atoms with Crippen LogP contribution in [0, 0.1) is 12.7 Å². The molecule has 0 fully saturated rings. The van der Waals surface area contributed by atoms with E-state index in [4.69, 9.17) is 11.6 Å². The molecule has 0 saturated heterocycles. The predicted molar refractivity (Wildman–Crippen MR) is 79.4 cm³/mol. The Morgan fingerprint density at radius 1 is 1.19 bits per heavy atom. The van der Waals surface area contributed by atoms with E-state index in [0.717, 1.165) is 16.7 Å². The summed E-state index contributed by atoms with van der Waals surface area (Å²) in [6.07, 6.45) is 3.56. The quantitative estimate of drug-likeness (QED) is 0.679. The number of benzene rings is 1. The fourth-order valence-corrected chi connectivity index (χ4v) is 2.30. The Kier molecular flexibility index (Phi) is 3.43. The predicted octanol–water partition coefficient (Wildman–Crippen LogP) is 3.65. The second kappa shape index (κ2) is 5.26. The molecule has 0 unspecified atom stereocenters. The van der Waals surface area contributed by atoms with Crippen LogP contribution in [0.4, 0.5) is 4.39 Å². The molecular weight excluding hydrogens is 291 g/mol. The van der Waals surface area contributed by atoms with Crippen LogP contribution in [-0.4, -0.2) is 19.7 Å². The minimum absolute atomic E-state index is 0.286. The normalized spacial score (nSPS) is 10.9. The van der Waals surface area contributed by atoms with Crippen molar-refractivity contribution < 1.29 is 4.39 Å². The summed E-state index contributed by atoms with van der Waals surface area (Å²) in [7, 11) is 1.83. The van der Waals surface area contributed by atoms with E-state index in [-0.39, 0.29) is 5.82 Å². The number of hydrogen-bond acceptors (Lipinski definition) is 3. The third-order valence-electron chi connectivity index (χ3n) is 3.12. The Morgan fingerprint density at radius 2 is 2.00 bits per heavy atom. The van der Waals surface area contributed by atoms with Gasteiger partial charge < -0.3 is 0 Å². The summed E-state index contributed by atoms with van der Waals surface area (Å²) in [5.41, 5.74) is 3.04. The van der Waals surface area contributed by atoms with Crippen molar-refractivity contribution in [1.29, 1.82) is 0 Å². The van der Waals surface area contributed by atoms with Crippen molar-refractivity contribution >= 4 is 11.6 Å². The van der Waals surface area contributed by atoms with Gasteiger partial charge in [-0.3, -0.25) is 4.68 Å². The number of nitrogens with zero attached hydrogens (tertiary/aromatic N) is 4. The Balaban J connectivity index is 2.13. The molecule has 2 heterocycles. The summed E-state index contributed by atoms with van der Waals surface area (Å²) in [6.45, 7) is 1.81. The SMILES string of the molecule is Cc1cc(F)ccc1-c1nc(Cl)cc(-c2cnn(C)c2)n1. The third kappa shape index (κ3) is 2.78. The van der Waals surface area contributed by atoms with Crippen LogP contribution in [0.25, 0.3) is 22.6 Å². The first-order valence-corrected chi connectivity index (χ1v) is 6.71. The lowest BCUT2D eigenvalue weighted by atomic mass is 10.1. The van der Waals surface area contributed by atoms with Crippen molar-refractivity contribution in [1.82, 2.24) is 19.7 Å². The zero-order chi connectivity index (χ0) is 15.0. The highest BCUT2D eigenvalue weighted by Crippen LogP contribution is 2.26. The second-order valence-corrected chi connectivity index (χ2v) is 5.15. The summed E-state index contributed by atoms with van der Waals surface area (Å²) in [6, 6.07) is 6.17. The molecule has 0 aliphatic carbocycles. The van der Waals surface area contributed by atoms with Crippen molar-refractivity contribution in [3.63, 3.8) is 0 Å². The molecule has 4 nitrogen and oxygen atoms in total. The van der Waals surface area contributed by atoms with Gasteiger partial charge in [0.1, 0.15) is 11.0 Å². The number of halogens is 2. The molecule has 106 valence electrons. The highest BCUT2D eigenvalue weighted by Gasteiger charge is 2.11. The maximum atomic E-state index is 13.2. The van der Waals surface area contributed by atoms with Gasteiger partial charge in [0, 0.05) is 30.4 Å². The average Bonchev–Trinajstić information content (AvgIpc) is 2.84. The molecule has 6 heteroatoms. The monoisotopic (exact) mass is 302 g/mol. The summed E-state index contributed by atoms with van der Waals surface area (Å²) < 4.78 is 14.9. The van der Waals surface area contributed by atoms with Crippen LogP contribution in [0.3, 0.4) is 0 Å². The van der Waals surface area contributed by atoms with E-state index in [0.29, 0.717) is 16.7 Å². The molecule has 3 aromatic rings. The molecule has 0 amide bonds. The molecular formula is C15H12ClFN4. The number of aromatic nitrogens is 4. The molecule has 2 aromatic heterocycles. The zero-order valence-corrected chi connectivity index (χ0v) is 12.3. The molecule has 0 radical (unpaired) electrons. The third-order valence-corrected chi connectivity index (χ3v) is 3.32. The van der Waals surface area contributed by atoms with Crippen LogP contribution in [-0.2, 0) is 7.05 Å². The van der Waals surface area contributed by atoms with Crippen LogP contribution in [0.5, 0.6) is 0 Å². The maximum Gasteiger partial charge on any atom is 0.161 e. The molecule has 0 aliphatic heterocycles. The first-order chi connectivity index (χ1) is 10.0. The van der Waals surface area contributed by atoms with Crippen LogP contribution >= 0.6 is 11.6 Å². The largest absolute Gasteiger partial charge is 0.275 e. The van der Waals surface area contributed by atoms with Gasteiger partial charge in [-0.25, -0.2) is 14.4 Å². The summed E-state index contributed by atoms with van der Waals surface area (Å²) in [4.78, 5) is 8.74. The van der Waals surface area contributed by atoms with Crippen molar-refractivity contribution in [3.05, 3.63) is 53.2 Å². The molecule has 3 rings (SSSR count). The Labute approximate surface area is 126 Å². The second-order valence-electron chi connectivity index (χ2n) is 4.76. The fraction of sp³-hybridized carbons (Fsp3) is 0.133. The van der Waals surface area contributed by atoms with Crippen molar-refractivity contribution in [2.24, 2.45) is 7.05 Å². The van der Waals surface area contributed by atoms with Gasteiger partial charge in [-0.05, 0) is 30.7 Å². The highest BCUT2D eigenvalue weighted by molar-refractivity contribution is 6.29. The van der Waals surface area contributed by atoms with E-state index in [9.17, 15) is 4.39 Å². The minimum atomic E-state index is -0.286. The van der Waals surface area contributed by atoms with E-state index in [1.807, 2.05) is 20.2 Å². The van der Waals surface area contributed by atoms with Gasteiger partial charge in [0.25, 0.3) is 0 Å². The van der Waals surface area contributed by atoms with Gasteiger partial charge in [0.05, 0.1) is 11.9 Å². The smallest absolute Gasteiger partial charge is 0.161 e. The molecule has 0 aliphatic rings. The Morgan fingerprint density at radius 3 is 2.67 bits per heavy atom. The molecule has 1 aromatic carbocycles. The minimum Gasteiger partial charge on any atom is -0.275 e. The molecule has 0 N–H and O–H groups in total. The van der Waals surface area contributed by atoms with Crippen LogP contribution in [0.15, 0.2) is 36.7 Å². The van der Waals surface area contributed by atoms with E-state index in [2.05, 4.69) is 15.1 Å². The van der Waals surface area contributed by atoms with Crippen LogP contribution < -0.4 is 0 Å². The van der Waals surface area contributed by atoms with Gasteiger partial charge in [0.15, 0.2) is 5.82 Å². The number of hydrogen-bond donors (Lipinski definition) is 0. The van der Waals surface area contributed by atoms with Gasteiger partial charge in [-0.2, -0.15) is 5.10 Å². The molecule has 0 spiro atoms. The summed E-state index contributed by atoms with van der Waals surface area (Å²) in [5, 5.41) is 4.45. The molecule has 0 atom stereocenters. The Bertz CT molecular complexity index is 813. The summed E-state index contributed by atoms with van der Waals surface area (Å²) >= 11 is 6.09. The van der Waals surface area contributed by atoms with E-state index in [1.54, 1.807) is 23.0 Å². The topological polar surface area (TPSA) is 43.6 Å². The average molecular weight is 303 g/mol. The highest BCUT2D eigenvalue weighted by atomic mass is 35.5. The maximum absolute atomic E-state index is 13.2. The van der Waals surface area contributed by atoms with Gasteiger partial charge >= 0.3 is 0 Å². The standard InChI is InChI=1S/C15H12ClFN4/c1-9-5-11(17)3-4-12(9)15-19-13(6-14(16)20-15)10-7-18-21(2)8-10/h3-8H,1-2H3.